The summed E-state index contributed by atoms with van der Waals surface area (Å²) in [5.74, 6) is 0. The molecule has 1 aliphatic carbocycles. The summed E-state index contributed by atoms with van der Waals surface area (Å²) in [6.07, 6.45) is 8.36. The molecule has 1 heterocycles. The van der Waals surface area contributed by atoms with Crippen molar-refractivity contribution in [1.82, 2.24) is 5.32 Å². The summed E-state index contributed by atoms with van der Waals surface area (Å²) in [7, 11) is 0. The van der Waals surface area contributed by atoms with E-state index < -0.39 is 0 Å². The van der Waals surface area contributed by atoms with Gasteiger partial charge in [-0.2, -0.15) is 0 Å². The predicted octanol–water partition coefficient (Wildman–Crippen LogP) is 2.09. The fraction of sp³-hybridized carbons (Fsp3) is 1.00. The van der Waals surface area contributed by atoms with Gasteiger partial charge in [-0.05, 0) is 32.1 Å². The summed E-state index contributed by atoms with van der Waals surface area (Å²) >= 11 is 0. The molecule has 2 nitrogen and oxygen atoms in total. The van der Waals surface area contributed by atoms with Gasteiger partial charge in [0.05, 0.1) is 6.10 Å². The fourth-order valence-corrected chi connectivity index (χ4v) is 2.22. The van der Waals surface area contributed by atoms with E-state index in [9.17, 15) is 0 Å². The highest BCUT2D eigenvalue weighted by Gasteiger charge is 2.25. The van der Waals surface area contributed by atoms with E-state index in [1.165, 1.54) is 38.5 Å². The van der Waals surface area contributed by atoms with Gasteiger partial charge < -0.3 is 10.1 Å². The number of nitrogens with one attached hydrogen (secondary N) is 1. The Morgan fingerprint density at radius 3 is 2.69 bits per heavy atom. The van der Waals surface area contributed by atoms with Crippen molar-refractivity contribution in [2.45, 2.75) is 63.6 Å². The van der Waals surface area contributed by atoms with Crippen molar-refractivity contribution in [3.63, 3.8) is 0 Å². The van der Waals surface area contributed by atoms with Crippen molar-refractivity contribution in [3.8, 4) is 0 Å². The summed E-state index contributed by atoms with van der Waals surface area (Å²) in [4.78, 5) is 0. The van der Waals surface area contributed by atoms with E-state index in [0.29, 0.717) is 6.10 Å². The molecule has 1 saturated heterocycles. The highest BCUT2D eigenvalue weighted by atomic mass is 16.5. The lowest BCUT2D eigenvalue weighted by Crippen LogP contribution is -2.46. The topological polar surface area (TPSA) is 21.3 Å². The largest absolute Gasteiger partial charge is 0.378 e. The van der Waals surface area contributed by atoms with E-state index in [1.807, 2.05) is 0 Å². The molecule has 0 aromatic rings. The van der Waals surface area contributed by atoms with Crippen LogP contribution in [-0.4, -0.2) is 24.8 Å². The average molecular weight is 183 g/mol. The molecular weight excluding hydrogens is 162 g/mol. The molecule has 0 spiro atoms. The van der Waals surface area contributed by atoms with Crippen molar-refractivity contribution in [2.75, 3.05) is 6.61 Å². The lowest BCUT2D eigenvalue weighted by molar-refractivity contribution is -0.00374. The Hall–Kier alpha value is -0.0800. The fourth-order valence-electron chi connectivity index (χ4n) is 2.22. The molecule has 0 amide bonds. The van der Waals surface area contributed by atoms with Gasteiger partial charge in [-0.3, -0.25) is 0 Å². The first kappa shape index (κ1) is 9.47. The number of rotatable bonds is 3. The second-order valence-corrected chi connectivity index (χ2v) is 4.42. The van der Waals surface area contributed by atoms with E-state index in [-0.39, 0.29) is 0 Å². The van der Waals surface area contributed by atoms with Gasteiger partial charge in [-0.1, -0.05) is 13.3 Å². The van der Waals surface area contributed by atoms with Gasteiger partial charge in [0, 0.05) is 18.7 Å². The first-order valence-electron chi connectivity index (χ1n) is 5.76. The smallest absolute Gasteiger partial charge is 0.0587 e. The van der Waals surface area contributed by atoms with Gasteiger partial charge in [0.15, 0.2) is 0 Å². The van der Waals surface area contributed by atoms with Crippen LogP contribution in [0.2, 0.25) is 0 Å². The molecule has 76 valence electrons. The van der Waals surface area contributed by atoms with E-state index in [0.717, 1.165) is 18.7 Å². The van der Waals surface area contributed by atoms with Gasteiger partial charge in [0.1, 0.15) is 0 Å². The van der Waals surface area contributed by atoms with E-state index in [1.54, 1.807) is 0 Å². The zero-order valence-corrected chi connectivity index (χ0v) is 8.59. The maximum atomic E-state index is 5.65. The van der Waals surface area contributed by atoms with Crippen LogP contribution in [0.1, 0.15) is 45.4 Å². The summed E-state index contributed by atoms with van der Waals surface area (Å²) in [6, 6.07) is 1.57. The molecule has 13 heavy (non-hydrogen) atoms. The molecule has 2 rings (SSSR count). The Balaban J connectivity index is 1.71. The van der Waals surface area contributed by atoms with Crippen molar-refractivity contribution in [3.05, 3.63) is 0 Å². The van der Waals surface area contributed by atoms with Crippen molar-refractivity contribution in [1.29, 1.82) is 0 Å². The zero-order chi connectivity index (χ0) is 9.10. The minimum absolute atomic E-state index is 0.520. The third kappa shape index (κ3) is 2.44. The monoisotopic (exact) mass is 183 g/mol. The Labute approximate surface area is 81.0 Å². The summed E-state index contributed by atoms with van der Waals surface area (Å²) in [5, 5.41) is 3.74. The van der Waals surface area contributed by atoms with Gasteiger partial charge in [-0.15, -0.1) is 0 Å². The van der Waals surface area contributed by atoms with Gasteiger partial charge >= 0.3 is 0 Å². The van der Waals surface area contributed by atoms with Crippen LogP contribution in [0.4, 0.5) is 0 Å². The lowest BCUT2D eigenvalue weighted by atomic mass is 9.90. The third-order valence-corrected chi connectivity index (χ3v) is 3.40. The molecule has 2 atom stereocenters. The predicted molar refractivity (Wildman–Crippen MR) is 53.8 cm³/mol. The van der Waals surface area contributed by atoms with Crippen LogP contribution in [-0.2, 0) is 4.74 Å². The average Bonchev–Trinajstić information content (AvgIpc) is 2.12. The molecule has 2 unspecified atom stereocenters. The minimum atomic E-state index is 0.520. The molecule has 1 saturated carbocycles. The van der Waals surface area contributed by atoms with Crippen LogP contribution < -0.4 is 5.32 Å². The second-order valence-electron chi connectivity index (χ2n) is 4.42. The van der Waals surface area contributed by atoms with Crippen LogP contribution in [0.15, 0.2) is 0 Å². The summed E-state index contributed by atoms with van der Waals surface area (Å²) < 4.78 is 5.65. The highest BCUT2D eigenvalue weighted by molar-refractivity contribution is 4.84. The molecule has 0 aromatic heterocycles. The molecule has 2 heteroatoms. The van der Waals surface area contributed by atoms with E-state index >= 15 is 0 Å². The highest BCUT2D eigenvalue weighted by Crippen LogP contribution is 2.22. The van der Waals surface area contributed by atoms with Gasteiger partial charge in [0.2, 0.25) is 0 Å². The number of ether oxygens (including phenoxy) is 1. The van der Waals surface area contributed by atoms with Crippen molar-refractivity contribution < 1.29 is 4.74 Å². The first-order valence-corrected chi connectivity index (χ1v) is 5.76. The summed E-state index contributed by atoms with van der Waals surface area (Å²) in [6.45, 7) is 3.18. The molecule has 2 aliphatic rings. The second kappa shape index (κ2) is 4.43. The third-order valence-electron chi connectivity index (χ3n) is 3.40. The maximum Gasteiger partial charge on any atom is 0.0587 e. The molecule has 0 radical (unpaired) electrons. The van der Waals surface area contributed by atoms with Crippen LogP contribution >= 0.6 is 0 Å². The Morgan fingerprint density at radius 2 is 2.08 bits per heavy atom. The first-order chi connectivity index (χ1) is 6.38. The molecular formula is C11H21NO. The van der Waals surface area contributed by atoms with Gasteiger partial charge in [-0.25, -0.2) is 0 Å². The Bertz CT molecular complexity index is 154. The quantitative estimate of drug-likeness (QED) is 0.723. The molecule has 1 aliphatic heterocycles. The molecule has 2 fully saturated rings. The zero-order valence-electron chi connectivity index (χ0n) is 8.59. The Kier molecular flexibility index (Phi) is 3.23. The standard InChI is InChI=1S/C11H21NO/c1-2-11-8-10(6-7-13-11)12-9-4-3-5-9/h9-12H,2-8H2,1H3. The van der Waals surface area contributed by atoms with Crippen molar-refractivity contribution in [2.24, 2.45) is 0 Å². The summed E-state index contributed by atoms with van der Waals surface area (Å²) in [5.41, 5.74) is 0. The number of hydrogen-bond donors (Lipinski definition) is 1. The number of hydrogen-bond acceptors (Lipinski definition) is 2. The van der Waals surface area contributed by atoms with Crippen LogP contribution in [0.5, 0.6) is 0 Å². The van der Waals surface area contributed by atoms with Crippen molar-refractivity contribution >= 4 is 0 Å². The van der Waals surface area contributed by atoms with E-state index in [2.05, 4.69) is 12.2 Å². The van der Waals surface area contributed by atoms with E-state index in [4.69, 9.17) is 4.74 Å². The Morgan fingerprint density at radius 1 is 1.23 bits per heavy atom. The van der Waals surface area contributed by atoms with Crippen LogP contribution in [0.3, 0.4) is 0 Å². The van der Waals surface area contributed by atoms with Crippen LogP contribution in [0, 0.1) is 0 Å². The van der Waals surface area contributed by atoms with Gasteiger partial charge in [0.25, 0.3) is 0 Å². The lowest BCUT2D eigenvalue weighted by Gasteiger charge is -2.36. The molecule has 1 N–H and O–H groups in total. The minimum Gasteiger partial charge on any atom is -0.378 e. The van der Waals surface area contributed by atoms with Crippen LogP contribution in [0.25, 0.3) is 0 Å². The normalized spacial score (nSPS) is 35.8. The molecule has 0 aromatic carbocycles. The molecule has 0 bridgehead atoms. The maximum absolute atomic E-state index is 5.65. The SMILES string of the molecule is CCC1CC(NC2CCC2)CCO1.